The molecule has 0 saturated carbocycles. The molecule has 2 aliphatic heterocycles. The number of pyridine rings is 2. The maximum atomic E-state index is 12.7. The lowest BCUT2D eigenvalue weighted by atomic mass is 9.83. The van der Waals surface area contributed by atoms with Crippen molar-refractivity contribution in [1.29, 1.82) is 0 Å². The second-order valence-corrected chi connectivity index (χ2v) is 9.30. The van der Waals surface area contributed by atoms with Gasteiger partial charge in [0.25, 0.3) is 5.56 Å². The van der Waals surface area contributed by atoms with Gasteiger partial charge in [-0.3, -0.25) is 24.3 Å². The van der Waals surface area contributed by atoms with E-state index in [1.165, 1.54) is 13.2 Å². The number of hydrogen-bond acceptors (Lipinski definition) is 8. The molecule has 0 unspecified atom stereocenters. The van der Waals surface area contributed by atoms with E-state index in [1.807, 2.05) is 10.6 Å². The molecule has 5 heterocycles. The van der Waals surface area contributed by atoms with Crippen LogP contribution in [0.25, 0.3) is 0 Å². The highest BCUT2D eigenvalue weighted by Crippen LogP contribution is 2.36. The molecule has 1 saturated heterocycles. The Hall–Kier alpha value is -3.72. The van der Waals surface area contributed by atoms with Gasteiger partial charge in [0.1, 0.15) is 5.76 Å². The molecule has 0 aromatic carbocycles. The summed E-state index contributed by atoms with van der Waals surface area (Å²) in [5.41, 5.74) is 1.14. The van der Waals surface area contributed by atoms with Gasteiger partial charge in [-0.15, -0.1) is 0 Å². The SMILES string of the molecule is COC(=O)C[C@H](c1cccnc1)c1oc(CN2C[C@H]3C[C@@H](C2)c2cccc(=O)n2C3)cc(=O)c1O. The van der Waals surface area contributed by atoms with Gasteiger partial charge in [0.2, 0.25) is 11.2 Å². The standard InChI is InChI=1S/C26H27N3O6/c1-34-24(32)10-20(17-4-3-7-27-11-17)26-25(33)22(30)9-19(35-26)15-28-12-16-8-18(14-28)21-5-2-6-23(31)29(21)13-16/h2-7,9,11,16,18,20,33H,8,10,12-15H2,1H3/t16-,18+,20-/m1/s1. The predicted octanol–water partition coefficient (Wildman–Crippen LogP) is 2.22. The van der Waals surface area contributed by atoms with Crippen molar-refractivity contribution in [3.05, 3.63) is 92.1 Å². The van der Waals surface area contributed by atoms with E-state index in [2.05, 4.69) is 9.88 Å². The van der Waals surface area contributed by atoms with Crippen LogP contribution in [0.2, 0.25) is 0 Å². The summed E-state index contributed by atoms with van der Waals surface area (Å²) in [6.45, 7) is 2.55. The number of likely N-dealkylation sites (tertiary alicyclic amines) is 1. The molecule has 3 aromatic heterocycles. The van der Waals surface area contributed by atoms with Crippen LogP contribution in [0, 0.1) is 5.92 Å². The van der Waals surface area contributed by atoms with Gasteiger partial charge in [0.15, 0.2) is 5.76 Å². The number of rotatable bonds is 6. The summed E-state index contributed by atoms with van der Waals surface area (Å²) in [5, 5.41) is 10.6. The van der Waals surface area contributed by atoms with Crippen molar-refractivity contribution in [3.63, 3.8) is 0 Å². The second-order valence-electron chi connectivity index (χ2n) is 9.30. The zero-order chi connectivity index (χ0) is 24.5. The number of piperidine rings is 1. The van der Waals surface area contributed by atoms with Crippen LogP contribution in [-0.2, 0) is 22.6 Å². The van der Waals surface area contributed by atoms with Crippen LogP contribution in [-0.4, -0.2) is 45.7 Å². The maximum absolute atomic E-state index is 12.7. The number of hydrogen-bond donors (Lipinski definition) is 1. The Kier molecular flexibility index (Phi) is 6.25. The number of methoxy groups -OCH3 is 1. The van der Waals surface area contributed by atoms with Gasteiger partial charge < -0.3 is 18.8 Å². The molecule has 2 bridgehead atoms. The van der Waals surface area contributed by atoms with Crippen molar-refractivity contribution in [1.82, 2.24) is 14.5 Å². The third-order valence-corrected chi connectivity index (χ3v) is 6.94. The zero-order valence-electron chi connectivity index (χ0n) is 19.4. The zero-order valence-corrected chi connectivity index (χ0v) is 19.4. The molecular formula is C26H27N3O6. The van der Waals surface area contributed by atoms with Gasteiger partial charge in [0, 0.05) is 55.8 Å². The fraction of sp³-hybridized carbons (Fsp3) is 0.385. The van der Waals surface area contributed by atoms with E-state index in [-0.39, 0.29) is 23.7 Å². The average Bonchev–Trinajstić information content (AvgIpc) is 2.86. The van der Waals surface area contributed by atoms with Crippen LogP contribution in [0.3, 0.4) is 0 Å². The van der Waals surface area contributed by atoms with E-state index in [1.54, 1.807) is 36.7 Å². The topological polar surface area (TPSA) is 115 Å². The summed E-state index contributed by atoms with van der Waals surface area (Å²) in [7, 11) is 1.29. The summed E-state index contributed by atoms with van der Waals surface area (Å²) in [4.78, 5) is 43.4. The van der Waals surface area contributed by atoms with Gasteiger partial charge in [-0.1, -0.05) is 12.1 Å². The molecule has 1 fully saturated rings. The van der Waals surface area contributed by atoms with Crippen LogP contribution >= 0.6 is 0 Å². The number of aromatic nitrogens is 2. The smallest absolute Gasteiger partial charge is 0.306 e. The van der Waals surface area contributed by atoms with Gasteiger partial charge in [-0.25, -0.2) is 0 Å². The first-order valence-electron chi connectivity index (χ1n) is 11.7. The highest BCUT2D eigenvalue weighted by molar-refractivity contribution is 5.71. The number of carbonyl (C=O) groups excluding carboxylic acids is 1. The van der Waals surface area contributed by atoms with Crippen LogP contribution in [0.5, 0.6) is 5.75 Å². The highest BCUT2D eigenvalue weighted by Gasteiger charge is 2.35. The quantitative estimate of drug-likeness (QED) is 0.538. The molecule has 5 rings (SSSR count). The Morgan fingerprint density at radius 3 is 2.86 bits per heavy atom. The van der Waals surface area contributed by atoms with Crippen molar-refractivity contribution in [2.45, 2.75) is 37.8 Å². The number of aromatic hydroxyl groups is 1. The first-order valence-corrected chi connectivity index (χ1v) is 11.7. The molecule has 9 heteroatoms. The largest absolute Gasteiger partial charge is 0.502 e. The Morgan fingerprint density at radius 2 is 2.09 bits per heavy atom. The molecule has 1 N–H and O–H groups in total. The van der Waals surface area contributed by atoms with Gasteiger partial charge in [-0.05, 0) is 30.0 Å². The molecule has 0 radical (unpaired) electrons. The normalized spacial score (nSPS) is 20.1. The third-order valence-electron chi connectivity index (χ3n) is 6.94. The lowest BCUT2D eigenvalue weighted by molar-refractivity contribution is -0.140. The summed E-state index contributed by atoms with van der Waals surface area (Å²) in [6, 6.07) is 10.2. The molecule has 35 heavy (non-hydrogen) atoms. The van der Waals surface area contributed by atoms with Crippen molar-refractivity contribution < 1.29 is 19.1 Å². The van der Waals surface area contributed by atoms with Crippen molar-refractivity contribution in [2.75, 3.05) is 20.2 Å². The Morgan fingerprint density at radius 1 is 1.23 bits per heavy atom. The fourth-order valence-corrected chi connectivity index (χ4v) is 5.41. The van der Waals surface area contributed by atoms with Gasteiger partial charge in [0.05, 0.1) is 26.0 Å². The van der Waals surface area contributed by atoms with E-state index in [9.17, 15) is 19.5 Å². The molecule has 0 spiro atoms. The van der Waals surface area contributed by atoms with E-state index in [4.69, 9.17) is 9.15 Å². The first-order chi connectivity index (χ1) is 16.9. The van der Waals surface area contributed by atoms with Crippen molar-refractivity contribution in [3.8, 4) is 5.75 Å². The van der Waals surface area contributed by atoms with Crippen LogP contribution < -0.4 is 11.0 Å². The fourth-order valence-electron chi connectivity index (χ4n) is 5.41. The van der Waals surface area contributed by atoms with E-state index in [0.29, 0.717) is 30.3 Å². The Balaban J connectivity index is 1.44. The van der Waals surface area contributed by atoms with Crippen LogP contribution in [0.15, 0.2) is 62.8 Å². The summed E-state index contributed by atoms with van der Waals surface area (Å²) < 4.78 is 12.8. The lowest BCUT2D eigenvalue weighted by Crippen LogP contribution is -2.46. The van der Waals surface area contributed by atoms with Crippen molar-refractivity contribution >= 4 is 5.97 Å². The summed E-state index contributed by atoms with van der Waals surface area (Å²) in [5.74, 6) is -0.746. The van der Waals surface area contributed by atoms with Gasteiger partial charge in [-0.2, -0.15) is 0 Å². The average molecular weight is 478 g/mol. The van der Waals surface area contributed by atoms with Crippen molar-refractivity contribution in [2.24, 2.45) is 5.92 Å². The Labute approximate surface area is 201 Å². The van der Waals surface area contributed by atoms with E-state index in [0.717, 1.165) is 25.2 Å². The molecule has 0 aliphatic carbocycles. The number of fused-ring (bicyclic) bond motifs is 4. The maximum Gasteiger partial charge on any atom is 0.306 e. The van der Waals surface area contributed by atoms with Crippen LogP contribution in [0.4, 0.5) is 0 Å². The molecule has 0 amide bonds. The highest BCUT2D eigenvalue weighted by atomic mass is 16.5. The summed E-state index contributed by atoms with van der Waals surface area (Å²) in [6.07, 6.45) is 4.09. The second kappa shape index (κ2) is 9.50. The number of nitrogens with zero attached hydrogens (tertiary/aromatic N) is 3. The molecule has 182 valence electrons. The number of ether oxygens (including phenoxy) is 1. The number of esters is 1. The minimum absolute atomic E-state index is 0.0278. The molecular weight excluding hydrogens is 450 g/mol. The molecule has 9 nitrogen and oxygen atoms in total. The predicted molar refractivity (Wildman–Crippen MR) is 126 cm³/mol. The van der Waals surface area contributed by atoms with E-state index < -0.39 is 23.1 Å². The van der Waals surface area contributed by atoms with Gasteiger partial charge >= 0.3 is 5.97 Å². The van der Waals surface area contributed by atoms with E-state index >= 15 is 0 Å². The molecule has 3 atom stereocenters. The third kappa shape index (κ3) is 4.64. The first kappa shape index (κ1) is 23.0. The Bertz CT molecular complexity index is 1350. The number of carbonyl (C=O) groups is 1. The summed E-state index contributed by atoms with van der Waals surface area (Å²) >= 11 is 0. The molecule has 3 aromatic rings. The lowest BCUT2D eigenvalue weighted by Gasteiger charge is -2.42. The van der Waals surface area contributed by atoms with Crippen LogP contribution in [0.1, 0.15) is 47.5 Å². The monoisotopic (exact) mass is 477 g/mol. The molecule has 2 aliphatic rings. The minimum Gasteiger partial charge on any atom is -0.502 e. The minimum atomic E-state index is -0.719.